The standard InChI is InChI=1S/C21H30N2O5/c1-15(19(24)22-14-16-6-3-2-4-7-16)28-21(26)17-9-11-23(12-10-17)20(25)18-8-5-13-27-18/h5,8,13,15-17H,2-4,6-7,9-12,14H2,1H3,(H,22,24). The van der Waals surface area contributed by atoms with Crippen molar-refractivity contribution in [1.82, 2.24) is 10.2 Å². The number of piperidine rings is 1. The normalized spacial score (nSPS) is 19.8. The molecular weight excluding hydrogens is 360 g/mol. The zero-order valence-electron chi connectivity index (χ0n) is 16.5. The van der Waals surface area contributed by atoms with Crippen LogP contribution >= 0.6 is 0 Å². The molecule has 1 aromatic rings. The molecule has 2 amide bonds. The van der Waals surface area contributed by atoms with Gasteiger partial charge in [0.1, 0.15) is 0 Å². The molecule has 1 saturated carbocycles. The molecule has 1 saturated heterocycles. The molecule has 1 N–H and O–H groups in total. The third-order valence-electron chi connectivity index (χ3n) is 5.80. The summed E-state index contributed by atoms with van der Waals surface area (Å²) in [6, 6.07) is 3.31. The van der Waals surface area contributed by atoms with E-state index in [1.807, 2.05) is 0 Å². The van der Waals surface area contributed by atoms with E-state index in [4.69, 9.17) is 9.15 Å². The van der Waals surface area contributed by atoms with Crippen molar-refractivity contribution in [3.05, 3.63) is 24.2 Å². The molecule has 2 heterocycles. The van der Waals surface area contributed by atoms with E-state index in [9.17, 15) is 14.4 Å². The Morgan fingerprint density at radius 2 is 1.89 bits per heavy atom. The summed E-state index contributed by atoms with van der Waals surface area (Å²) >= 11 is 0. The van der Waals surface area contributed by atoms with Crippen LogP contribution in [-0.2, 0) is 14.3 Å². The lowest BCUT2D eigenvalue weighted by atomic mass is 9.89. The fourth-order valence-corrected chi connectivity index (χ4v) is 3.98. The van der Waals surface area contributed by atoms with Gasteiger partial charge in [-0.2, -0.15) is 0 Å². The van der Waals surface area contributed by atoms with Gasteiger partial charge < -0.3 is 19.4 Å². The van der Waals surface area contributed by atoms with E-state index < -0.39 is 6.10 Å². The number of hydrogen-bond acceptors (Lipinski definition) is 5. The van der Waals surface area contributed by atoms with Crippen LogP contribution in [0.2, 0.25) is 0 Å². The van der Waals surface area contributed by atoms with E-state index in [0.717, 1.165) is 12.8 Å². The number of amides is 2. The number of likely N-dealkylation sites (tertiary alicyclic amines) is 1. The summed E-state index contributed by atoms with van der Waals surface area (Å²) < 4.78 is 10.5. The second-order valence-corrected chi connectivity index (χ2v) is 7.87. The minimum Gasteiger partial charge on any atom is -0.459 e. The number of esters is 1. The maximum Gasteiger partial charge on any atom is 0.309 e. The first-order chi connectivity index (χ1) is 13.5. The predicted octanol–water partition coefficient (Wildman–Crippen LogP) is 2.76. The summed E-state index contributed by atoms with van der Waals surface area (Å²) in [5.74, 6) is -0.183. The molecule has 1 aliphatic heterocycles. The van der Waals surface area contributed by atoms with Gasteiger partial charge in [-0.1, -0.05) is 19.3 Å². The average Bonchev–Trinajstić information content (AvgIpc) is 3.27. The zero-order chi connectivity index (χ0) is 19.9. The van der Waals surface area contributed by atoms with Crippen LogP contribution in [0.1, 0.15) is 62.4 Å². The number of carbonyl (C=O) groups excluding carboxylic acids is 3. The zero-order valence-corrected chi connectivity index (χ0v) is 16.5. The van der Waals surface area contributed by atoms with Gasteiger partial charge in [-0.05, 0) is 50.7 Å². The number of hydrogen-bond donors (Lipinski definition) is 1. The molecule has 154 valence electrons. The van der Waals surface area contributed by atoms with E-state index in [-0.39, 0.29) is 23.7 Å². The van der Waals surface area contributed by atoms with Crippen LogP contribution in [-0.4, -0.2) is 48.4 Å². The van der Waals surface area contributed by atoms with Crippen molar-refractivity contribution in [2.24, 2.45) is 11.8 Å². The summed E-state index contributed by atoms with van der Waals surface area (Å²) in [5.41, 5.74) is 0. The maximum absolute atomic E-state index is 12.4. The summed E-state index contributed by atoms with van der Waals surface area (Å²) in [7, 11) is 0. The van der Waals surface area contributed by atoms with Gasteiger partial charge in [0.2, 0.25) is 0 Å². The largest absolute Gasteiger partial charge is 0.459 e. The van der Waals surface area contributed by atoms with Crippen LogP contribution in [0.5, 0.6) is 0 Å². The van der Waals surface area contributed by atoms with Crippen LogP contribution < -0.4 is 5.32 Å². The Morgan fingerprint density at radius 1 is 1.18 bits per heavy atom. The highest BCUT2D eigenvalue weighted by atomic mass is 16.5. The minimum atomic E-state index is -0.793. The molecule has 0 radical (unpaired) electrons. The number of carbonyl (C=O) groups is 3. The molecule has 0 aromatic carbocycles. The molecule has 1 aromatic heterocycles. The smallest absolute Gasteiger partial charge is 0.309 e. The highest BCUT2D eigenvalue weighted by Crippen LogP contribution is 2.23. The Hall–Kier alpha value is -2.31. The number of furan rings is 1. The number of nitrogens with one attached hydrogen (secondary N) is 1. The van der Waals surface area contributed by atoms with Gasteiger partial charge in [0, 0.05) is 19.6 Å². The lowest BCUT2D eigenvalue weighted by Gasteiger charge is -2.30. The van der Waals surface area contributed by atoms with Crippen molar-refractivity contribution in [1.29, 1.82) is 0 Å². The highest BCUT2D eigenvalue weighted by molar-refractivity contribution is 5.91. The fraction of sp³-hybridized carbons (Fsp3) is 0.667. The third kappa shape index (κ3) is 5.36. The Bertz CT molecular complexity index is 658. The topological polar surface area (TPSA) is 88.8 Å². The first kappa shape index (κ1) is 20.4. The van der Waals surface area contributed by atoms with Crippen molar-refractivity contribution in [3.8, 4) is 0 Å². The van der Waals surface area contributed by atoms with Crippen molar-refractivity contribution in [2.75, 3.05) is 19.6 Å². The summed E-state index contributed by atoms with van der Waals surface area (Å²) in [5, 5.41) is 2.92. The van der Waals surface area contributed by atoms with Gasteiger partial charge in [-0.15, -0.1) is 0 Å². The van der Waals surface area contributed by atoms with Gasteiger partial charge in [0.15, 0.2) is 11.9 Å². The van der Waals surface area contributed by atoms with Crippen molar-refractivity contribution in [3.63, 3.8) is 0 Å². The number of ether oxygens (including phenoxy) is 1. The number of rotatable bonds is 6. The fourth-order valence-electron chi connectivity index (χ4n) is 3.98. The molecule has 7 nitrogen and oxygen atoms in total. The van der Waals surface area contributed by atoms with Gasteiger partial charge >= 0.3 is 5.97 Å². The lowest BCUT2D eigenvalue weighted by molar-refractivity contribution is -0.160. The van der Waals surface area contributed by atoms with Gasteiger partial charge in [0.25, 0.3) is 11.8 Å². The summed E-state index contributed by atoms with van der Waals surface area (Å²) in [4.78, 5) is 38.6. The van der Waals surface area contributed by atoms with Crippen LogP contribution in [0, 0.1) is 11.8 Å². The third-order valence-corrected chi connectivity index (χ3v) is 5.80. The average molecular weight is 390 g/mol. The molecule has 1 unspecified atom stereocenters. The molecule has 1 atom stereocenters. The van der Waals surface area contributed by atoms with E-state index >= 15 is 0 Å². The molecule has 2 aliphatic rings. The molecule has 3 rings (SSSR count). The molecule has 1 aliphatic carbocycles. The van der Waals surface area contributed by atoms with Crippen LogP contribution in [0.25, 0.3) is 0 Å². The summed E-state index contributed by atoms with van der Waals surface area (Å²) in [6.07, 6.45) is 7.79. The molecule has 2 fully saturated rings. The minimum absolute atomic E-state index is 0.160. The van der Waals surface area contributed by atoms with Gasteiger partial charge in [0.05, 0.1) is 12.2 Å². The lowest BCUT2D eigenvalue weighted by Crippen LogP contribution is -2.43. The predicted molar refractivity (Wildman–Crippen MR) is 102 cm³/mol. The highest BCUT2D eigenvalue weighted by Gasteiger charge is 2.31. The molecule has 0 bridgehead atoms. The SMILES string of the molecule is CC(OC(=O)C1CCN(C(=O)c2ccco2)CC1)C(=O)NCC1CCCCC1. The molecule has 28 heavy (non-hydrogen) atoms. The Kier molecular flexibility index (Phi) is 7.12. The van der Waals surface area contributed by atoms with E-state index in [1.54, 1.807) is 24.0 Å². The van der Waals surface area contributed by atoms with Crippen LogP contribution in [0.15, 0.2) is 22.8 Å². The Labute approximate surface area is 165 Å². The van der Waals surface area contributed by atoms with Gasteiger partial charge in [-0.3, -0.25) is 14.4 Å². The van der Waals surface area contributed by atoms with E-state index in [0.29, 0.717) is 44.2 Å². The first-order valence-electron chi connectivity index (χ1n) is 10.4. The Morgan fingerprint density at radius 3 is 2.54 bits per heavy atom. The van der Waals surface area contributed by atoms with Gasteiger partial charge in [-0.25, -0.2) is 0 Å². The Balaban J connectivity index is 1.38. The van der Waals surface area contributed by atoms with Crippen molar-refractivity contribution < 1.29 is 23.5 Å². The van der Waals surface area contributed by atoms with Crippen molar-refractivity contribution >= 4 is 17.8 Å². The number of nitrogens with zero attached hydrogens (tertiary/aromatic N) is 1. The summed E-state index contributed by atoms with van der Waals surface area (Å²) in [6.45, 7) is 3.22. The first-order valence-corrected chi connectivity index (χ1v) is 10.4. The van der Waals surface area contributed by atoms with Crippen LogP contribution in [0.3, 0.4) is 0 Å². The second-order valence-electron chi connectivity index (χ2n) is 7.87. The van der Waals surface area contributed by atoms with E-state index in [1.165, 1.54) is 25.5 Å². The molecule has 0 spiro atoms. The molecular formula is C21H30N2O5. The van der Waals surface area contributed by atoms with Crippen LogP contribution in [0.4, 0.5) is 0 Å². The second kappa shape index (κ2) is 9.75. The molecule has 7 heteroatoms. The maximum atomic E-state index is 12.4. The van der Waals surface area contributed by atoms with E-state index in [2.05, 4.69) is 5.32 Å². The van der Waals surface area contributed by atoms with Crippen molar-refractivity contribution in [2.45, 2.75) is 58.0 Å². The quantitative estimate of drug-likeness (QED) is 0.755. The monoisotopic (exact) mass is 390 g/mol.